The average Bonchev–Trinajstić information content (AvgIpc) is 2.75. The zero-order chi connectivity index (χ0) is 17.7. The van der Waals surface area contributed by atoms with E-state index in [1.165, 1.54) is 16.7 Å². The van der Waals surface area contributed by atoms with E-state index < -0.39 is 0 Å². The first-order valence-corrected chi connectivity index (χ1v) is 9.04. The SMILES string of the molecule is CC1(C)OB(c2ccc3c(c2OCc2ccccc2)CC3)OC1(C)C. The van der Waals surface area contributed by atoms with Crippen LogP contribution in [0.2, 0.25) is 0 Å². The first kappa shape index (κ1) is 16.7. The Bertz CT molecular complexity index is 767. The normalized spacial score (nSPS) is 20.1. The van der Waals surface area contributed by atoms with Crippen molar-refractivity contribution in [1.29, 1.82) is 0 Å². The summed E-state index contributed by atoms with van der Waals surface area (Å²) in [7, 11) is -0.387. The molecule has 1 fully saturated rings. The largest absolute Gasteiger partial charge is 0.498 e. The Morgan fingerprint density at radius 3 is 2.20 bits per heavy atom. The summed E-state index contributed by atoms with van der Waals surface area (Å²) < 4.78 is 18.8. The Balaban J connectivity index is 1.64. The molecule has 0 spiro atoms. The Hall–Kier alpha value is -1.78. The molecule has 0 saturated carbocycles. The molecule has 0 radical (unpaired) electrons. The fraction of sp³-hybridized carbons (Fsp3) is 0.429. The molecule has 2 aromatic carbocycles. The van der Waals surface area contributed by atoms with Crippen molar-refractivity contribution in [2.45, 2.75) is 58.3 Å². The van der Waals surface area contributed by atoms with Crippen molar-refractivity contribution in [1.82, 2.24) is 0 Å². The monoisotopic (exact) mass is 336 g/mol. The molecule has 0 bridgehead atoms. The number of aryl methyl sites for hydroxylation is 1. The number of rotatable bonds is 4. The Morgan fingerprint density at radius 2 is 1.60 bits per heavy atom. The van der Waals surface area contributed by atoms with Gasteiger partial charge in [0, 0.05) is 5.46 Å². The van der Waals surface area contributed by atoms with Gasteiger partial charge >= 0.3 is 7.12 Å². The molecule has 0 amide bonds. The predicted octanol–water partition coefficient (Wildman–Crippen LogP) is 3.66. The lowest BCUT2D eigenvalue weighted by Gasteiger charge is -2.32. The predicted molar refractivity (Wildman–Crippen MR) is 100 cm³/mol. The summed E-state index contributed by atoms with van der Waals surface area (Å²) in [5, 5.41) is 0. The Morgan fingerprint density at radius 1 is 0.920 bits per heavy atom. The van der Waals surface area contributed by atoms with Gasteiger partial charge in [0.05, 0.1) is 11.2 Å². The van der Waals surface area contributed by atoms with Gasteiger partial charge in [0.1, 0.15) is 12.4 Å². The maximum absolute atomic E-state index is 6.27. The van der Waals surface area contributed by atoms with Gasteiger partial charge in [-0.05, 0) is 57.2 Å². The quantitative estimate of drug-likeness (QED) is 0.798. The first-order valence-electron chi connectivity index (χ1n) is 9.04. The molecule has 0 aromatic heterocycles. The fourth-order valence-corrected chi connectivity index (χ4v) is 3.33. The lowest BCUT2D eigenvalue weighted by molar-refractivity contribution is 0.00578. The second kappa shape index (κ2) is 5.89. The van der Waals surface area contributed by atoms with Gasteiger partial charge in [0.25, 0.3) is 0 Å². The van der Waals surface area contributed by atoms with Crippen LogP contribution >= 0.6 is 0 Å². The van der Waals surface area contributed by atoms with Crippen LogP contribution < -0.4 is 10.2 Å². The van der Waals surface area contributed by atoms with Crippen LogP contribution in [0.25, 0.3) is 0 Å². The molecule has 0 unspecified atom stereocenters. The molecule has 0 N–H and O–H groups in total. The van der Waals surface area contributed by atoms with Gasteiger partial charge in [0.2, 0.25) is 0 Å². The lowest BCUT2D eigenvalue weighted by Crippen LogP contribution is -2.41. The molecule has 1 aliphatic heterocycles. The smallest absolute Gasteiger partial charge is 0.489 e. The minimum absolute atomic E-state index is 0.350. The molecule has 2 aromatic rings. The fourth-order valence-electron chi connectivity index (χ4n) is 3.33. The van der Waals surface area contributed by atoms with E-state index in [1.807, 2.05) is 18.2 Å². The van der Waals surface area contributed by atoms with Gasteiger partial charge in [-0.2, -0.15) is 0 Å². The molecule has 1 saturated heterocycles. The second-order valence-corrected chi connectivity index (χ2v) is 7.98. The van der Waals surface area contributed by atoms with Gasteiger partial charge in [-0.1, -0.05) is 42.5 Å². The minimum atomic E-state index is -0.387. The standard InChI is InChI=1S/C21H25BO3/c1-20(2)21(3,4)25-22(24-20)18-13-11-16-10-12-17(16)19(18)23-14-15-8-6-5-7-9-15/h5-9,11,13H,10,12,14H2,1-4H3. The maximum Gasteiger partial charge on any atom is 0.498 e. The zero-order valence-corrected chi connectivity index (χ0v) is 15.5. The summed E-state index contributed by atoms with van der Waals surface area (Å²) >= 11 is 0. The number of hydrogen-bond donors (Lipinski definition) is 0. The van der Waals surface area contributed by atoms with E-state index in [0.29, 0.717) is 6.61 Å². The van der Waals surface area contributed by atoms with Crippen LogP contribution in [0, 0.1) is 0 Å². The third-order valence-corrected chi connectivity index (χ3v) is 5.77. The third kappa shape index (κ3) is 2.88. The number of ether oxygens (including phenoxy) is 1. The summed E-state index contributed by atoms with van der Waals surface area (Å²) in [5.41, 5.74) is 4.16. The average molecular weight is 336 g/mol. The molecular weight excluding hydrogens is 311 g/mol. The topological polar surface area (TPSA) is 27.7 Å². The third-order valence-electron chi connectivity index (χ3n) is 5.77. The maximum atomic E-state index is 6.27. The van der Waals surface area contributed by atoms with Gasteiger partial charge in [0.15, 0.2) is 0 Å². The van der Waals surface area contributed by atoms with E-state index in [1.54, 1.807) is 0 Å². The van der Waals surface area contributed by atoms with Crippen molar-refractivity contribution in [3.63, 3.8) is 0 Å². The van der Waals surface area contributed by atoms with Gasteiger partial charge in [-0.15, -0.1) is 0 Å². The molecule has 1 heterocycles. The van der Waals surface area contributed by atoms with Crippen LogP contribution in [0.5, 0.6) is 5.75 Å². The van der Waals surface area contributed by atoms with E-state index in [4.69, 9.17) is 14.0 Å². The molecule has 25 heavy (non-hydrogen) atoms. The molecule has 130 valence electrons. The highest BCUT2D eigenvalue weighted by Gasteiger charge is 2.52. The van der Waals surface area contributed by atoms with Crippen molar-refractivity contribution >= 4 is 12.6 Å². The summed E-state index contributed by atoms with van der Waals surface area (Å²) in [6.07, 6.45) is 2.19. The molecule has 3 nitrogen and oxygen atoms in total. The molecule has 1 aliphatic carbocycles. The van der Waals surface area contributed by atoms with Crippen molar-refractivity contribution < 1.29 is 14.0 Å². The van der Waals surface area contributed by atoms with E-state index in [2.05, 4.69) is 52.0 Å². The first-order chi connectivity index (χ1) is 11.9. The number of benzene rings is 2. The highest BCUT2D eigenvalue weighted by atomic mass is 16.7. The van der Waals surface area contributed by atoms with E-state index >= 15 is 0 Å². The molecule has 0 atom stereocenters. The zero-order valence-electron chi connectivity index (χ0n) is 15.5. The highest BCUT2D eigenvalue weighted by Crippen LogP contribution is 2.39. The molecule has 4 rings (SSSR count). The molecule has 4 heteroatoms. The Kier molecular flexibility index (Phi) is 3.93. The van der Waals surface area contributed by atoms with Crippen molar-refractivity contribution in [3.05, 3.63) is 59.2 Å². The van der Waals surface area contributed by atoms with E-state index in [-0.39, 0.29) is 18.3 Å². The van der Waals surface area contributed by atoms with Crippen LogP contribution in [0.3, 0.4) is 0 Å². The molecule has 2 aliphatic rings. The van der Waals surface area contributed by atoms with Crippen LogP contribution in [0.15, 0.2) is 42.5 Å². The van der Waals surface area contributed by atoms with E-state index in [0.717, 1.165) is 24.1 Å². The minimum Gasteiger partial charge on any atom is -0.489 e. The van der Waals surface area contributed by atoms with Crippen LogP contribution in [-0.4, -0.2) is 18.3 Å². The number of fused-ring (bicyclic) bond motifs is 1. The van der Waals surface area contributed by atoms with Crippen molar-refractivity contribution in [3.8, 4) is 5.75 Å². The second-order valence-electron chi connectivity index (χ2n) is 7.98. The van der Waals surface area contributed by atoms with Crippen LogP contribution in [-0.2, 0) is 28.8 Å². The van der Waals surface area contributed by atoms with Gasteiger partial charge in [-0.25, -0.2) is 0 Å². The van der Waals surface area contributed by atoms with Gasteiger partial charge < -0.3 is 14.0 Å². The summed E-state index contributed by atoms with van der Waals surface area (Å²) in [4.78, 5) is 0. The highest BCUT2D eigenvalue weighted by molar-refractivity contribution is 6.63. The summed E-state index contributed by atoms with van der Waals surface area (Å²) in [6.45, 7) is 8.89. The lowest BCUT2D eigenvalue weighted by atomic mass is 9.73. The summed E-state index contributed by atoms with van der Waals surface area (Å²) in [5.74, 6) is 0.950. The summed E-state index contributed by atoms with van der Waals surface area (Å²) in [6, 6.07) is 14.6. The van der Waals surface area contributed by atoms with Crippen LogP contribution in [0.1, 0.15) is 44.4 Å². The van der Waals surface area contributed by atoms with Crippen molar-refractivity contribution in [2.24, 2.45) is 0 Å². The van der Waals surface area contributed by atoms with E-state index in [9.17, 15) is 0 Å². The Labute approximate surface area is 150 Å². The van der Waals surface area contributed by atoms with Crippen molar-refractivity contribution in [2.75, 3.05) is 0 Å². The number of hydrogen-bond acceptors (Lipinski definition) is 3. The van der Waals surface area contributed by atoms with Gasteiger partial charge in [-0.3, -0.25) is 0 Å². The molecular formula is C21H25BO3. The van der Waals surface area contributed by atoms with Crippen LogP contribution in [0.4, 0.5) is 0 Å².